The van der Waals surface area contributed by atoms with Crippen molar-refractivity contribution in [3.8, 4) is 0 Å². The van der Waals surface area contributed by atoms with Crippen molar-refractivity contribution in [2.75, 3.05) is 31.6 Å². The molecule has 1 heterocycles. The third kappa shape index (κ3) is 2.26. The molecule has 1 aliphatic rings. The van der Waals surface area contributed by atoms with Crippen molar-refractivity contribution in [3.63, 3.8) is 0 Å². The molecule has 0 atom stereocenters. The highest BCUT2D eigenvalue weighted by atomic mass is 32.2. The maximum Gasteiger partial charge on any atom is 0.0846 e. The smallest absolute Gasteiger partial charge is 0.0846 e. The molecule has 52 valence electrons. The van der Waals surface area contributed by atoms with Gasteiger partial charge in [0.15, 0.2) is 0 Å². The molecule has 0 amide bonds. The summed E-state index contributed by atoms with van der Waals surface area (Å²) in [5.41, 5.74) is 0. The Hall–Kier alpha value is -0.180. The fraction of sp³-hybridized carbons (Fsp3) is 0.833. The quantitative estimate of drug-likeness (QED) is 0.397. The molecule has 0 aromatic carbocycles. The summed E-state index contributed by atoms with van der Waals surface area (Å²) >= 11 is 2.02. The van der Waals surface area contributed by atoms with Crippen LogP contribution in [0.1, 0.15) is 0 Å². The van der Waals surface area contributed by atoms with E-state index >= 15 is 0 Å². The third-order valence-corrected chi connectivity index (χ3v) is 2.27. The molecule has 1 rings (SSSR count). The van der Waals surface area contributed by atoms with Gasteiger partial charge in [-0.1, -0.05) is 0 Å². The number of hydrogen-bond donors (Lipinski definition) is 0. The van der Waals surface area contributed by atoms with Gasteiger partial charge in [0.05, 0.1) is 6.34 Å². The molecule has 3 heteroatoms. The fourth-order valence-corrected chi connectivity index (χ4v) is 1.79. The lowest BCUT2D eigenvalue weighted by molar-refractivity contribution is 0.476. The van der Waals surface area contributed by atoms with Gasteiger partial charge in [0.2, 0.25) is 0 Å². The van der Waals surface area contributed by atoms with Crippen molar-refractivity contribution in [3.05, 3.63) is 0 Å². The van der Waals surface area contributed by atoms with Crippen LogP contribution in [0.15, 0.2) is 4.99 Å². The lowest BCUT2D eigenvalue weighted by Crippen LogP contribution is -2.31. The first-order chi connectivity index (χ1) is 4.43. The van der Waals surface area contributed by atoms with Gasteiger partial charge in [-0.05, 0) is 0 Å². The van der Waals surface area contributed by atoms with Crippen molar-refractivity contribution < 1.29 is 0 Å². The number of thioether (sulfide) groups is 1. The Labute approximate surface area is 60.3 Å². The van der Waals surface area contributed by atoms with Crippen molar-refractivity contribution in [1.29, 1.82) is 0 Å². The monoisotopic (exact) mass is 144 g/mol. The van der Waals surface area contributed by atoms with Crippen molar-refractivity contribution in [2.24, 2.45) is 4.99 Å². The summed E-state index contributed by atoms with van der Waals surface area (Å²) < 4.78 is 0. The molecule has 0 unspecified atom stereocenters. The van der Waals surface area contributed by atoms with Gasteiger partial charge in [-0.3, -0.25) is 4.99 Å². The summed E-state index contributed by atoms with van der Waals surface area (Å²) in [6.45, 7) is 2.34. The van der Waals surface area contributed by atoms with Crippen LogP contribution in [-0.2, 0) is 0 Å². The molecular weight excluding hydrogens is 132 g/mol. The van der Waals surface area contributed by atoms with E-state index in [0.717, 1.165) is 0 Å². The standard InChI is InChI=1S/C6H12N2S/c1-7-6-8-2-4-9-5-3-8/h6H,2-5H2,1H3. The fourth-order valence-electron chi connectivity index (χ4n) is 0.856. The highest BCUT2D eigenvalue weighted by Crippen LogP contribution is 2.06. The summed E-state index contributed by atoms with van der Waals surface area (Å²) in [5, 5.41) is 0. The second-order valence-corrected chi connectivity index (χ2v) is 3.25. The Bertz CT molecular complexity index is 97.2. The van der Waals surface area contributed by atoms with E-state index in [4.69, 9.17) is 0 Å². The molecule has 0 bridgehead atoms. The molecule has 0 aromatic heterocycles. The molecule has 0 radical (unpaired) electrons. The van der Waals surface area contributed by atoms with Crippen LogP contribution in [0.2, 0.25) is 0 Å². The van der Waals surface area contributed by atoms with Gasteiger partial charge in [-0.15, -0.1) is 0 Å². The number of rotatable bonds is 1. The van der Waals surface area contributed by atoms with Gasteiger partial charge in [0.1, 0.15) is 0 Å². The predicted molar refractivity (Wildman–Crippen MR) is 43.3 cm³/mol. The van der Waals surface area contributed by atoms with Gasteiger partial charge in [0.25, 0.3) is 0 Å². The van der Waals surface area contributed by atoms with E-state index in [0.29, 0.717) is 0 Å². The van der Waals surface area contributed by atoms with E-state index in [1.54, 1.807) is 0 Å². The van der Waals surface area contributed by atoms with Gasteiger partial charge >= 0.3 is 0 Å². The van der Waals surface area contributed by atoms with E-state index < -0.39 is 0 Å². The summed E-state index contributed by atoms with van der Waals surface area (Å²) in [5.74, 6) is 2.51. The van der Waals surface area contributed by atoms with Crippen LogP contribution in [0.25, 0.3) is 0 Å². The molecule has 0 N–H and O–H groups in total. The average molecular weight is 144 g/mol. The number of hydrogen-bond acceptors (Lipinski definition) is 2. The number of nitrogens with zero attached hydrogens (tertiary/aromatic N) is 2. The van der Waals surface area contributed by atoms with Gasteiger partial charge in [-0.25, -0.2) is 0 Å². The summed E-state index contributed by atoms with van der Waals surface area (Å²) in [6.07, 6.45) is 1.93. The normalized spacial score (nSPS) is 21.2. The molecule has 9 heavy (non-hydrogen) atoms. The van der Waals surface area contributed by atoms with Crippen LogP contribution in [-0.4, -0.2) is 42.9 Å². The molecule has 1 saturated heterocycles. The zero-order valence-corrected chi connectivity index (χ0v) is 6.52. The van der Waals surface area contributed by atoms with Crippen LogP contribution in [0.5, 0.6) is 0 Å². The van der Waals surface area contributed by atoms with E-state index in [1.807, 2.05) is 25.1 Å². The van der Waals surface area contributed by atoms with Crippen molar-refractivity contribution in [1.82, 2.24) is 4.90 Å². The Morgan fingerprint density at radius 3 is 2.67 bits per heavy atom. The Morgan fingerprint density at radius 2 is 2.11 bits per heavy atom. The van der Waals surface area contributed by atoms with Gasteiger partial charge < -0.3 is 4.90 Å². The molecule has 0 spiro atoms. The van der Waals surface area contributed by atoms with Crippen molar-refractivity contribution >= 4 is 18.1 Å². The van der Waals surface area contributed by atoms with Gasteiger partial charge in [-0.2, -0.15) is 11.8 Å². The molecular formula is C6H12N2S. The second kappa shape index (κ2) is 3.77. The Morgan fingerprint density at radius 1 is 1.44 bits per heavy atom. The predicted octanol–water partition coefficient (Wildman–Crippen LogP) is 0.693. The topological polar surface area (TPSA) is 15.6 Å². The maximum absolute atomic E-state index is 3.95. The van der Waals surface area contributed by atoms with Crippen LogP contribution in [0, 0.1) is 0 Å². The Balaban J connectivity index is 2.23. The van der Waals surface area contributed by atoms with Gasteiger partial charge in [0, 0.05) is 31.6 Å². The van der Waals surface area contributed by atoms with Crippen LogP contribution in [0.4, 0.5) is 0 Å². The molecule has 0 aliphatic carbocycles. The summed E-state index contributed by atoms with van der Waals surface area (Å²) in [4.78, 5) is 6.21. The molecule has 1 fully saturated rings. The first-order valence-corrected chi connectivity index (χ1v) is 4.33. The molecule has 2 nitrogen and oxygen atoms in total. The largest absolute Gasteiger partial charge is 0.361 e. The second-order valence-electron chi connectivity index (χ2n) is 2.02. The maximum atomic E-state index is 3.95. The lowest BCUT2D eigenvalue weighted by Gasteiger charge is -2.23. The SMILES string of the molecule is CN=CN1CCSCC1. The highest BCUT2D eigenvalue weighted by molar-refractivity contribution is 7.99. The minimum absolute atomic E-state index is 1.17. The number of aliphatic imine (C=N–C) groups is 1. The first kappa shape index (κ1) is 6.93. The van der Waals surface area contributed by atoms with Crippen LogP contribution >= 0.6 is 11.8 Å². The highest BCUT2D eigenvalue weighted by Gasteiger charge is 2.04. The summed E-state index contributed by atoms with van der Waals surface area (Å²) in [6, 6.07) is 0. The van der Waals surface area contributed by atoms with E-state index in [2.05, 4.69) is 9.89 Å². The first-order valence-electron chi connectivity index (χ1n) is 3.17. The molecule has 0 aromatic rings. The Kier molecular flexibility index (Phi) is 2.91. The minimum Gasteiger partial charge on any atom is -0.361 e. The van der Waals surface area contributed by atoms with E-state index in [9.17, 15) is 0 Å². The molecule has 0 saturated carbocycles. The third-order valence-electron chi connectivity index (χ3n) is 1.32. The van der Waals surface area contributed by atoms with Crippen LogP contribution < -0.4 is 0 Å². The zero-order valence-electron chi connectivity index (χ0n) is 5.71. The van der Waals surface area contributed by atoms with E-state index in [-0.39, 0.29) is 0 Å². The zero-order chi connectivity index (χ0) is 6.53. The minimum atomic E-state index is 1.17. The summed E-state index contributed by atoms with van der Waals surface area (Å²) in [7, 11) is 1.82. The van der Waals surface area contributed by atoms with E-state index in [1.165, 1.54) is 24.6 Å². The van der Waals surface area contributed by atoms with Crippen LogP contribution in [0.3, 0.4) is 0 Å². The average Bonchev–Trinajstić information content (AvgIpc) is 1.91. The molecule has 1 aliphatic heterocycles. The lowest BCUT2D eigenvalue weighted by atomic mass is 10.5. The van der Waals surface area contributed by atoms with Crippen molar-refractivity contribution in [2.45, 2.75) is 0 Å².